The number of hydrogen-bond donors (Lipinski definition) is 2. The Morgan fingerprint density at radius 3 is 2.56 bits per heavy atom. The maximum atomic E-state index is 12.5. The molecule has 0 aliphatic rings. The molecule has 1 aromatic heterocycles. The van der Waals surface area contributed by atoms with E-state index in [0.717, 1.165) is 10.2 Å². The largest absolute Gasteiger partial charge is 0.434 e. The minimum atomic E-state index is -2.88. The van der Waals surface area contributed by atoms with Gasteiger partial charge in [0.2, 0.25) is 0 Å². The van der Waals surface area contributed by atoms with Gasteiger partial charge in [-0.1, -0.05) is 34.9 Å². The number of guanidine groups is 1. The summed E-state index contributed by atoms with van der Waals surface area (Å²) in [5, 5.41) is 10.1. The van der Waals surface area contributed by atoms with E-state index in [2.05, 4.69) is 41.4 Å². The predicted molar refractivity (Wildman–Crippen MR) is 114 cm³/mol. The molecule has 0 bridgehead atoms. The molecule has 0 amide bonds. The Labute approximate surface area is 182 Å². The fraction of sp³-hybridized carbons (Fsp3) is 0.412. The average Bonchev–Trinajstić information content (AvgIpc) is 3.06. The maximum absolute atomic E-state index is 12.5. The minimum absolute atomic E-state index is 0. The molecule has 10 heteroatoms. The van der Waals surface area contributed by atoms with E-state index in [-0.39, 0.29) is 42.2 Å². The minimum Gasteiger partial charge on any atom is -0.434 e. The molecule has 150 valence electrons. The normalized spacial score (nSPS) is 11.5. The first kappa shape index (κ1) is 23.6. The van der Waals surface area contributed by atoms with Crippen molar-refractivity contribution >= 4 is 45.9 Å². The van der Waals surface area contributed by atoms with Crippen LogP contribution in [-0.2, 0) is 13.1 Å². The smallest absolute Gasteiger partial charge is 0.387 e. The van der Waals surface area contributed by atoms with E-state index in [4.69, 9.17) is 4.52 Å². The Balaban J connectivity index is 0.00000364. The zero-order chi connectivity index (χ0) is 19.1. The third-order valence-electron chi connectivity index (χ3n) is 3.51. The van der Waals surface area contributed by atoms with E-state index in [1.54, 1.807) is 19.2 Å². The number of alkyl halides is 2. The second-order valence-corrected chi connectivity index (χ2v) is 6.70. The highest BCUT2D eigenvalue weighted by Gasteiger charge is 2.12. The van der Waals surface area contributed by atoms with Crippen molar-refractivity contribution in [3.63, 3.8) is 0 Å². The van der Waals surface area contributed by atoms with Gasteiger partial charge in [0.15, 0.2) is 11.7 Å². The van der Waals surface area contributed by atoms with Crippen molar-refractivity contribution in [3.8, 4) is 5.75 Å². The lowest BCUT2D eigenvalue weighted by atomic mass is 10.1. The number of rotatable bonds is 7. The fourth-order valence-electron chi connectivity index (χ4n) is 2.15. The zero-order valence-electron chi connectivity index (χ0n) is 15.1. The Kier molecular flexibility index (Phi) is 9.99. The molecule has 2 N–H and O–H groups in total. The van der Waals surface area contributed by atoms with Crippen LogP contribution in [0.2, 0.25) is 0 Å². The van der Waals surface area contributed by atoms with Crippen LogP contribution in [0.25, 0.3) is 0 Å². The van der Waals surface area contributed by atoms with Crippen LogP contribution in [0.5, 0.6) is 5.75 Å². The Bertz CT molecular complexity index is 756. The van der Waals surface area contributed by atoms with Gasteiger partial charge < -0.3 is 19.9 Å². The van der Waals surface area contributed by atoms with E-state index in [9.17, 15) is 8.78 Å². The summed E-state index contributed by atoms with van der Waals surface area (Å²) < 4.78 is 35.6. The molecule has 27 heavy (non-hydrogen) atoms. The molecular formula is C17H22BrF2IN4O2. The summed E-state index contributed by atoms with van der Waals surface area (Å²) in [4.78, 5) is 4.10. The molecule has 1 aromatic carbocycles. The van der Waals surface area contributed by atoms with Gasteiger partial charge in [-0.2, -0.15) is 8.78 Å². The summed E-state index contributed by atoms with van der Waals surface area (Å²) in [7, 11) is 1.62. The number of aromatic nitrogens is 1. The van der Waals surface area contributed by atoms with Gasteiger partial charge in [-0.25, -0.2) is 0 Å². The number of hydrogen-bond acceptors (Lipinski definition) is 4. The first-order chi connectivity index (χ1) is 12.4. The Morgan fingerprint density at radius 2 is 1.96 bits per heavy atom. The number of halogens is 4. The van der Waals surface area contributed by atoms with Crippen LogP contribution in [0.3, 0.4) is 0 Å². The summed E-state index contributed by atoms with van der Waals surface area (Å²) >= 11 is 3.33. The van der Waals surface area contributed by atoms with Gasteiger partial charge in [0, 0.05) is 29.7 Å². The van der Waals surface area contributed by atoms with Crippen LogP contribution < -0.4 is 15.4 Å². The van der Waals surface area contributed by atoms with Crippen LogP contribution in [0.1, 0.15) is 36.8 Å². The molecule has 2 aromatic rings. The molecule has 0 fully saturated rings. The summed E-state index contributed by atoms with van der Waals surface area (Å²) in [6.07, 6.45) is 0. The lowest BCUT2D eigenvalue weighted by molar-refractivity contribution is -0.0504. The number of ether oxygens (including phenoxy) is 1. The molecule has 2 rings (SSSR count). The van der Waals surface area contributed by atoms with Gasteiger partial charge in [0.1, 0.15) is 5.75 Å². The molecule has 0 aliphatic carbocycles. The molecule has 0 saturated heterocycles. The molecular weight excluding hydrogens is 537 g/mol. The van der Waals surface area contributed by atoms with Gasteiger partial charge in [0.25, 0.3) is 0 Å². The third kappa shape index (κ3) is 7.60. The average molecular weight is 559 g/mol. The lowest BCUT2D eigenvalue weighted by Crippen LogP contribution is -2.36. The highest BCUT2D eigenvalue weighted by Crippen LogP contribution is 2.24. The maximum Gasteiger partial charge on any atom is 0.387 e. The predicted octanol–water partition coefficient (Wildman–Crippen LogP) is 4.65. The van der Waals surface area contributed by atoms with Gasteiger partial charge in [-0.15, -0.1) is 24.0 Å². The van der Waals surface area contributed by atoms with Crippen molar-refractivity contribution in [2.45, 2.75) is 39.5 Å². The first-order valence-corrected chi connectivity index (χ1v) is 8.81. The molecule has 0 radical (unpaired) electrons. The molecule has 0 atom stereocenters. The highest BCUT2D eigenvalue weighted by molar-refractivity contribution is 14.0. The molecule has 1 heterocycles. The molecule has 0 unspecified atom stereocenters. The zero-order valence-corrected chi connectivity index (χ0v) is 19.0. The van der Waals surface area contributed by atoms with Crippen LogP contribution in [0.15, 0.2) is 38.3 Å². The van der Waals surface area contributed by atoms with Gasteiger partial charge in [-0.3, -0.25) is 4.99 Å². The van der Waals surface area contributed by atoms with Crippen molar-refractivity contribution < 1.29 is 18.0 Å². The Morgan fingerprint density at radius 1 is 1.26 bits per heavy atom. The van der Waals surface area contributed by atoms with Gasteiger partial charge in [0.05, 0.1) is 12.2 Å². The monoisotopic (exact) mass is 558 g/mol. The number of nitrogens with zero attached hydrogens (tertiary/aromatic N) is 2. The topological polar surface area (TPSA) is 71.7 Å². The van der Waals surface area contributed by atoms with Crippen molar-refractivity contribution in [1.82, 2.24) is 15.8 Å². The standard InChI is InChI=1S/C17H21BrF2N4O2.HI/c1-10(2)14-7-13(26-24-14)9-23-17(21-3)22-8-11-6-12(18)4-5-15(11)25-16(19)20;/h4-7,10,16H,8-9H2,1-3H3,(H2,21,22,23);1H. The highest BCUT2D eigenvalue weighted by atomic mass is 127. The first-order valence-electron chi connectivity index (χ1n) is 8.02. The van der Waals surface area contributed by atoms with E-state index < -0.39 is 6.61 Å². The van der Waals surface area contributed by atoms with Crippen molar-refractivity contribution in [1.29, 1.82) is 0 Å². The SMILES string of the molecule is CN=C(NCc1cc(C(C)C)no1)NCc1cc(Br)ccc1OC(F)F.I. The molecule has 0 spiro atoms. The fourth-order valence-corrected chi connectivity index (χ4v) is 2.56. The second kappa shape index (κ2) is 11.4. The lowest BCUT2D eigenvalue weighted by Gasteiger charge is -2.14. The van der Waals surface area contributed by atoms with Crippen molar-refractivity contribution in [3.05, 3.63) is 45.8 Å². The van der Waals surface area contributed by atoms with Crippen LogP contribution in [-0.4, -0.2) is 24.8 Å². The number of nitrogens with one attached hydrogen (secondary N) is 2. The Hall–Kier alpha value is -1.43. The summed E-state index contributed by atoms with van der Waals surface area (Å²) in [5.74, 6) is 1.58. The van der Waals surface area contributed by atoms with Crippen LogP contribution >= 0.6 is 39.9 Å². The van der Waals surface area contributed by atoms with E-state index in [1.165, 1.54) is 6.07 Å². The van der Waals surface area contributed by atoms with Crippen LogP contribution in [0, 0.1) is 0 Å². The van der Waals surface area contributed by atoms with E-state index in [1.807, 2.05) is 19.9 Å². The molecule has 0 saturated carbocycles. The van der Waals surface area contributed by atoms with E-state index in [0.29, 0.717) is 23.8 Å². The third-order valence-corrected chi connectivity index (χ3v) is 4.00. The van der Waals surface area contributed by atoms with Gasteiger partial charge >= 0.3 is 6.61 Å². The van der Waals surface area contributed by atoms with Crippen molar-refractivity contribution in [2.75, 3.05) is 7.05 Å². The van der Waals surface area contributed by atoms with Crippen LogP contribution in [0.4, 0.5) is 8.78 Å². The summed E-state index contributed by atoms with van der Waals surface area (Å²) in [6, 6.07) is 6.73. The summed E-state index contributed by atoms with van der Waals surface area (Å²) in [6.45, 7) is 1.85. The van der Waals surface area contributed by atoms with E-state index >= 15 is 0 Å². The molecule has 6 nitrogen and oxygen atoms in total. The second-order valence-electron chi connectivity index (χ2n) is 5.78. The molecule has 0 aliphatic heterocycles. The number of aliphatic imine (C=N–C) groups is 1. The van der Waals surface area contributed by atoms with Gasteiger partial charge in [-0.05, 0) is 24.1 Å². The van der Waals surface area contributed by atoms with Crippen molar-refractivity contribution in [2.24, 2.45) is 4.99 Å². The number of benzene rings is 1. The summed E-state index contributed by atoms with van der Waals surface area (Å²) in [5.41, 5.74) is 1.46. The quantitative estimate of drug-likeness (QED) is 0.294.